The lowest BCUT2D eigenvalue weighted by atomic mass is 10.1. The van der Waals surface area contributed by atoms with Crippen molar-refractivity contribution in [2.24, 2.45) is 0 Å². The van der Waals surface area contributed by atoms with Crippen LogP contribution in [-0.4, -0.2) is 24.3 Å². The highest BCUT2D eigenvalue weighted by Crippen LogP contribution is 2.29. The molecule has 1 N–H and O–H groups in total. The summed E-state index contributed by atoms with van der Waals surface area (Å²) in [6.07, 6.45) is 3.67. The normalized spacial score (nSPS) is 10.5. The Balaban J connectivity index is 1.44. The van der Waals surface area contributed by atoms with Gasteiger partial charge in [-0.05, 0) is 72.9 Å². The highest BCUT2D eigenvalue weighted by atomic mass is 16.5. The van der Waals surface area contributed by atoms with Gasteiger partial charge >= 0.3 is 5.97 Å². The molecule has 0 bridgehead atoms. The fourth-order valence-electron chi connectivity index (χ4n) is 3.35. The first-order valence-corrected chi connectivity index (χ1v) is 11.1. The molecule has 0 spiro atoms. The minimum Gasteiger partial charge on any atom is -0.494 e. The van der Waals surface area contributed by atoms with Gasteiger partial charge in [0.25, 0.3) is 0 Å². The summed E-state index contributed by atoms with van der Waals surface area (Å²) >= 11 is 0. The van der Waals surface area contributed by atoms with Gasteiger partial charge in [0.1, 0.15) is 23.0 Å². The molecular weight excluding hydrogens is 404 g/mol. The minimum atomic E-state index is -0.846. The molecule has 168 valence electrons. The first-order chi connectivity index (χ1) is 15.6. The van der Waals surface area contributed by atoms with E-state index in [2.05, 4.69) is 13.0 Å². The average Bonchev–Trinajstić information content (AvgIpc) is 2.78. The standard InChI is InChI=1S/C27H30O5/c1-2-9-22-20-25(32-23-11-4-3-5-12-23)14-15-26(22)31-17-7-6-16-30-24-13-8-10-21(18-24)19-27(28)29/h3-5,8,10-15,18,20H,2,6-7,9,16-17,19H2,1H3,(H,28,29). The molecule has 5 nitrogen and oxygen atoms in total. The van der Waals surface area contributed by atoms with Crippen molar-refractivity contribution < 1.29 is 24.1 Å². The van der Waals surface area contributed by atoms with Crippen molar-refractivity contribution in [1.82, 2.24) is 0 Å². The zero-order chi connectivity index (χ0) is 22.6. The summed E-state index contributed by atoms with van der Waals surface area (Å²) in [5.41, 5.74) is 1.88. The zero-order valence-electron chi connectivity index (χ0n) is 18.5. The molecule has 3 aromatic carbocycles. The van der Waals surface area contributed by atoms with Crippen LogP contribution in [0.5, 0.6) is 23.0 Å². The predicted octanol–water partition coefficient (Wildman–Crippen LogP) is 6.30. The molecule has 0 fully saturated rings. The Morgan fingerprint density at radius 2 is 1.56 bits per heavy atom. The topological polar surface area (TPSA) is 65.0 Å². The lowest BCUT2D eigenvalue weighted by Crippen LogP contribution is -2.05. The Kier molecular flexibility index (Phi) is 8.99. The van der Waals surface area contributed by atoms with Crippen LogP contribution < -0.4 is 14.2 Å². The molecule has 3 rings (SSSR count). The van der Waals surface area contributed by atoms with Gasteiger partial charge < -0.3 is 19.3 Å². The van der Waals surface area contributed by atoms with Crippen molar-refractivity contribution in [2.45, 2.75) is 39.0 Å². The molecule has 0 saturated heterocycles. The quantitative estimate of drug-likeness (QED) is 0.320. The highest BCUT2D eigenvalue weighted by molar-refractivity contribution is 5.70. The van der Waals surface area contributed by atoms with Crippen molar-refractivity contribution in [3.8, 4) is 23.0 Å². The molecule has 32 heavy (non-hydrogen) atoms. The summed E-state index contributed by atoms with van der Waals surface area (Å²) in [5, 5.41) is 8.90. The maximum atomic E-state index is 10.8. The van der Waals surface area contributed by atoms with E-state index in [1.807, 2.05) is 54.6 Å². The molecule has 0 radical (unpaired) electrons. The molecule has 0 atom stereocenters. The average molecular weight is 435 g/mol. The molecule has 0 heterocycles. The Morgan fingerprint density at radius 1 is 0.812 bits per heavy atom. The number of aliphatic carboxylic acids is 1. The summed E-state index contributed by atoms with van der Waals surface area (Å²) in [4.78, 5) is 10.8. The fourth-order valence-corrected chi connectivity index (χ4v) is 3.35. The fraction of sp³-hybridized carbons (Fsp3) is 0.296. The summed E-state index contributed by atoms with van der Waals surface area (Å²) in [5.74, 6) is 2.38. The van der Waals surface area contributed by atoms with E-state index in [1.54, 1.807) is 12.1 Å². The number of ether oxygens (including phenoxy) is 3. The van der Waals surface area contributed by atoms with Crippen LogP contribution in [0.2, 0.25) is 0 Å². The third-order valence-electron chi connectivity index (χ3n) is 4.85. The SMILES string of the molecule is CCCc1cc(Oc2ccccc2)ccc1OCCCCOc1cccc(CC(=O)O)c1. The van der Waals surface area contributed by atoms with Gasteiger partial charge in [-0.3, -0.25) is 4.79 Å². The van der Waals surface area contributed by atoms with E-state index in [4.69, 9.17) is 19.3 Å². The molecule has 0 aliphatic heterocycles. The maximum Gasteiger partial charge on any atom is 0.307 e. The number of rotatable bonds is 13. The van der Waals surface area contributed by atoms with Crippen LogP contribution >= 0.6 is 0 Å². The number of para-hydroxylation sites is 1. The third kappa shape index (κ3) is 7.65. The lowest BCUT2D eigenvalue weighted by Gasteiger charge is -2.14. The predicted molar refractivity (Wildman–Crippen MR) is 125 cm³/mol. The maximum absolute atomic E-state index is 10.8. The Morgan fingerprint density at radius 3 is 2.31 bits per heavy atom. The summed E-state index contributed by atoms with van der Waals surface area (Å²) in [6, 6.07) is 23.0. The van der Waals surface area contributed by atoms with Crippen LogP contribution in [0.15, 0.2) is 72.8 Å². The Bertz CT molecular complexity index is 984. The number of carboxylic acids is 1. The van der Waals surface area contributed by atoms with Crippen molar-refractivity contribution in [2.75, 3.05) is 13.2 Å². The van der Waals surface area contributed by atoms with Crippen LogP contribution in [0.3, 0.4) is 0 Å². The zero-order valence-corrected chi connectivity index (χ0v) is 18.5. The molecule has 0 saturated carbocycles. The minimum absolute atomic E-state index is 0.000309. The summed E-state index contributed by atoms with van der Waals surface area (Å²) in [7, 11) is 0. The molecule has 0 unspecified atom stereocenters. The van der Waals surface area contributed by atoms with Gasteiger partial charge in [-0.25, -0.2) is 0 Å². The second-order valence-electron chi connectivity index (χ2n) is 7.56. The van der Waals surface area contributed by atoms with E-state index in [9.17, 15) is 4.79 Å². The van der Waals surface area contributed by atoms with Gasteiger partial charge in [-0.15, -0.1) is 0 Å². The van der Waals surface area contributed by atoms with Crippen molar-refractivity contribution >= 4 is 5.97 Å². The summed E-state index contributed by atoms with van der Waals surface area (Å²) in [6.45, 7) is 3.32. The largest absolute Gasteiger partial charge is 0.494 e. The Hall–Kier alpha value is -3.47. The van der Waals surface area contributed by atoms with E-state index in [0.717, 1.165) is 54.1 Å². The van der Waals surface area contributed by atoms with Crippen LogP contribution in [0.25, 0.3) is 0 Å². The van der Waals surface area contributed by atoms with E-state index in [-0.39, 0.29) is 6.42 Å². The third-order valence-corrected chi connectivity index (χ3v) is 4.85. The highest BCUT2D eigenvalue weighted by Gasteiger charge is 2.07. The number of hydrogen-bond acceptors (Lipinski definition) is 4. The lowest BCUT2D eigenvalue weighted by molar-refractivity contribution is -0.136. The summed E-state index contributed by atoms with van der Waals surface area (Å²) < 4.78 is 17.7. The molecule has 5 heteroatoms. The van der Waals surface area contributed by atoms with Gasteiger partial charge in [0, 0.05) is 0 Å². The first kappa shape index (κ1) is 23.2. The van der Waals surface area contributed by atoms with Gasteiger partial charge in [-0.2, -0.15) is 0 Å². The van der Waals surface area contributed by atoms with Crippen LogP contribution in [-0.2, 0) is 17.6 Å². The van der Waals surface area contributed by atoms with Crippen LogP contribution in [0, 0.1) is 0 Å². The van der Waals surface area contributed by atoms with Gasteiger partial charge in [0.15, 0.2) is 0 Å². The molecule has 0 aliphatic carbocycles. The first-order valence-electron chi connectivity index (χ1n) is 11.1. The van der Waals surface area contributed by atoms with Crippen LogP contribution in [0.1, 0.15) is 37.3 Å². The molecular formula is C27H30O5. The second kappa shape index (κ2) is 12.4. The van der Waals surface area contributed by atoms with E-state index in [0.29, 0.717) is 19.0 Å². The van der Waals surface area contributed by atoms with Gasteiger partial charge in [0.05, 0.1) is 19.6 Å². The number of carbonyl (C=O) groups is 1. The van der Waals surface area contributed by atoms with Crippen molar-refractivity contribution in [3.05, 3.63) is 83.9 Å². The van der Waals surface area contributed by atoms with Crippen molar-refractivity contribution in [1.29, 1.82) is 0 Å². The van der Waals surface area contributed by atoms with Crippen LogP contribution in [0.4, 0.5) is 0 Å². The van der Waals surface area contributed by atoms with E-state index < -0.39 is 5.97 Å². The number of hydrogen-bond donors (Lipinski definition) is 1. The number of unbranched alkanes of at least 4 members (excludes halogenated alkanes) is 1. The molecule has 0 aromatic heterocycles. The van der Waals surface area contributed by atoms with Gasteiger partial charge in [-0.1, -0.05) is 43.7 Å². The smallest absolute Gasteiger partial charge is 0.307 e. The number of aryl methyl sites for hydroxylation is 1. The molecule has 3 aromatic rings. The van der Waals surface area contributed by atoms with Crippen molar-refractivity contribution in [3.63, 3.8) is 0 Å². The van der Waals surface area contributed by atoms with Gasteiger partial charge in [0.2, 0.25) is 0 Å². The van der Waals surface area contributed by atoms with E-state index >= 15 is 0 Å². The van der Waals surface area contributed by atoms with E-state index in [1.165, 1.54) is 0 Å². The number of benzene rings is 3. The number of carboxylic acid groups (broad SMARTS) is 1. The second-order valence-corrected chi connectivity index (χ2v) is 7.56. The monoisotopic (exact) mass is 434 g/mol. The molecule has 0 amide bonds. The Labute approximate surface area is 189 Å². The molecule has 0 aliphatic rings.